The van der Waals surface area contributed by atoms with Gasteiger partial charge in [-0.3, -0.25) is 4.79 Å². The number of hydrogen-bond acceptors (Lipinski definition) is 5. The van der Waals surface area contributed by atoms with E-state index in [1.165, 1.54) is 11.8 Å². The number of amides is 1. The topological polar surface area (TPSA) is 61.7 Å². The van der Waals surface area contributed by atoms with E-state index in [4.69, 9.17) is 23.2 Å². The Morgan fingerprint density at radius 2 is 1.79 bits per heavy atom. The maximum atomic E-state index is 12.2. The molecular weight excluding hydrogens is 435 g/mol. The number of aliphatic imine (C=N–C) groups is 1. The summed E-state index contributed by atoms with van der Waals surface area (Å²) in [6.45, 7) is 0. The van der Waals surface area contributed by atoms with Crippen LogP contribution in [0.2, 0.25) is 10.0 Å². The molecule has 4 rings (SSSR count). The Labute approximate surface area is 179 Å². The van der Waals surface area contributed by atoms with E-state index in [0.717, 1.165) is 15.3 Å². The molecule has 1 aromatic heterocycles. The van der Waals surface area contributed by atoms with Crippen LogP contribution in [0.1, 0.15) is 4.88 Å². The molecule has 2 heterocycles. The van der Waals surface area contributed by atoms with Gasteiger partial charge in [0.05, 0.1) is 20.6 Å². The van der Waals surface area contributed by atoms with Crippen LogP contribution in [0.15, 0.2) is 64.5 Å². The first-order valence-electron chi connectivity index (χ1n) is 8.12. The monoisotopic (exact) mass is 446 g/mol. The van der Waals surface area contributed by atoms with Crippen LogP contribution in [-0.4, -0.2) is 16.2 Å². The number of carbonyl (C=O) groups is 1. The number of phenols is 1. The number of carbonyl (C=O) groups excluding carboxylic acids is 1. The van der Waals surface area contributed by atoms with Gasteiger partial charge in [0.2, 0.25) is 0 Å². The SMILES string of the molecule is O=C1NC(=Nc2ccc(O)cc2)SC1=Cc1ccc(-c2ccc(Cl)c(Cl)c2)s1. The highest BCUT2D eigenvalue weighted by atomic mass is 35.5. The first-order chi connectivity index (χ1) is 13.5. The van der Waals surface area contributed by atoms with Crippen molar-refractivity contribution in [2.75, 3.05) is 0 Å². The minimum atomic E-state index is -0.188. The molecule has 0 aliphatic carbocycles. The lowest BCUT2D eigenvalue weighted by Crippen LogP contribution is -2.19. The van der Waals surface area contributed by atoms with E-state index in [9.17, 15) is 9.90 Å². The number of thioether (sulfide) groups is 1. The first-order valence-corrected chi connectivity index (χ1v) is 10.5. The number of thiophene rings is 1. The maximum Gasteiger partial charge on any atom is 0.264 e. The van der Waals surface area contributed by atoms with Crippen molar-refractivity contribution < 1.29 is 9.90 Å². The zero-order valence-corrected chi connectivity index (χ0v) is 17.3. The fraction of sp³-hybridized carbons (Fsp3) is 0. The van der Waals surface area contributed by atoms with E-state index in [-0.39, 0.29) is 11.7 Å². The molecule has 1 amide bonds. The molecular formula is C20H12Cl2N2O2S2. The van der Waals surface area contributed by atoms with Crippen molar-refractivity contribution in [2.45, 2.75) is 0 Å². The van der Waals surface area contributed by atoms with Crippen LogP contribution >= 0.6 is 46.3 Å². The van der Waals surface area contributed by atoms with Crippen LogP contribution < -0.4 is 5.32 Å². The fourth-order valence-electron chi connectivity index (χ4n) is 2.49. The van der Waals surface area contributed by atoms with Crippen LogP contribution in [0.5, 0.6) is 5.75 Å². The standard InChI is InChI=1S/C20H12Cl2N2O2S2/c21-15-7-1-11(9-16(15)22)17-8-6-14(27-17)10-18-19(26)24-20(28-18)23-12-2-4-13(25)5-3-12/h1-10,25H,(H,23,24,26). The van der Waals surface area contributed by atoms with E-state index >= 15 is 0 Å². The number of amidine groups is 1. The van der Waals surface area contributed by atoms with E-state index < -0.39 is 0 Å². The van der Waals surface area contributed by atoms with Gasteiger partial charge in [0.1, 0.15) is 5.75 Å². The minimum Gasteiger partial charge on any atom is -0.508 e. The molecule has 28 heavy (non-hydrogen) atoms. The summed E-state index contributed by atoms with van der Waals surface area (Å²) in [7, 11) is 0. The Balaban J connectivity index is 1.54. The molecule has 1 aliphatic heterocycles. The second kappa shape index (κ2) is 8.01. The summed E-state index contributed by atoms with van der Waals surface area (Å²) in [6, 6.07) is 15.9. The summed E-state index contributed by atoms with van der Waals surface area (Å²) in [6.07, 6.45) is 1.84. The summed E-state index contributed by atoms with van der Waals surface area (Å²) >= 11 is 14.9. The average molecular weight is 447 g/mol. The van der Waals surface area contributed by atoms with E-state index in [1.807, 2.05) is 30.3 Å². The summed E-state index contributed by atoms with van der Waals surface area (Å²) in [5.74, 6) is -0.0184. The Kier molecular flexibility index (Phi) is 5.46. The number of rotatable bonds is 3. The third-order valence-corrected chi connectivity index (χ3v) is 6.57. The lowest BCUT2D eigenvalue weighted by Gasteiger charge is -1.99. The predicted molar refractivity (Wildman–Crippen MR) is 119 cm³/mol. The number of halogens is 2. The molecule has 0 atom stereocenters. The van der Waals surface area contributed by atoms with Crippen molar-refractivity contribution in [3.05, 3.63) is 74.4 Å². The summed E-state index contributed by atoms with van der Waals surface area (Å²) in [4.78, 5) is 19.2. The van der Waals surface area contributed by atoms with Gasteiger partial charge in [-0.05, 0) is 71.9 Å². The number of phenolic OH excluding ortho intramolecular Hbond substituents is 1. The van der Waals surface area contributed by atoms with Gasteiger partial charge in [-0.25, -0.2) is 4.99 Å². The van der Waals surface area contributed by atoms with Gasteiger partial charge in [0.15, 0.2) is 5.17 Å². The summed E-state index contributed by atoms with van der Waals surface area (Å²) in [5.41, 5.74) is 1.63. The van der Waals surface area contributed by atoms with Crippen molar-refractivity contribution in [3.8, 4) is 16.2 Å². The van der Waals surface area contributed by atoms with Crippen molar-refractivity contribution in [1.29, 1.82) is 0 Å². The molecule has 3 aromatic rings. The van der Waals surface area contributed by atoms with Crippen LogP contribution in [0, 0.1) is 0 Å². The van der Waals surface area contributed by atoms with Gasteiger partial charge in [-0.2, -0.15) is 0 Å². The molecule has 0 unspecified atom stereocenters. The van der Waals surface area contributed by atoms with Crippen LogP contribution in [-0.2, 0) is 4.79 Å². The highest BCUT2D eigenvalue weighted by Gasteiger charge is 2.24. The number of hydrogen-bond donors (Lipinski definition) is 2. The second-order valence-corrected chi connectivity index (χ2v) is 8.79. The third-order valence-electron chi connectivity index (χ3n) is 3.84. The number of nitrogens with one attached hydrogen (secondary N) is 1. The normalized spacial score (nSPS) is 16.7. The van der Waals surface area contributed by atoms with Crippen molar-refractivity contribution in [3.63, 3.8) is 0 Å². The summed E-state index contributed by atoms with van der Waals surface area (Å²) < 4.78 is 0. The van der Waals surface area contributed by atoms with Gasteiger partial charge in [0, 0.05) is 9.75 Å². The Bertz CT molecular complexity index is 1120. The molecule has 1 aliphatic rings. The first kappa shape index (κ1) is 19.1. The molecule has 0 bridgehead atoms. The Morgan fingerprint density at radius 3 is 2.54 bits per heavy atom. The predicted octanol–water partition coefficient (Wildman–Crippen LogP) is 6.32. The molecule has 0 saturated carbocycles. The molecule has 2 aromatic carbocycles. The van der Waals surface area contributed by atoms with Crippen molar-refractivity contribution >= 4 is 69.1 Å². The molecule has 4 nitrogen and oxygen atoms in total. The molecule has 0 radical (unpaired) electrons. The van der Waals surface area contributed by atoms with E-state index in [0.29, 0.717) is 25.8 Å². The molecule has 1 fully saturated rings. The largest absolute Gasteiger partial charge is 0.508 e. The Morgan fingerprint density at radius 1 is 1.00 bits per heavy atom. The molecule has 2 N–H and O–H groups in total. The number of aromatic hydroxyl groups is 1. The van der Waals surface area contributed by atoms with Crippen LogP contribution in [0.25, 0.3) is 16.5 Å². The van der Waals surface area contributed by atoms with Gasteiger partial charge in [0.25, 0.3) is 5.91 Å². The van der Waals surface area contributed by atoms with Gasteiger partial charge in [-0.15, -0.1) is 11.3 Å². The van der Waals surface area contributed by atoms with E-state index in [2.05, 4.69) is 10.3 Å². The summed E-state index contributed by atoms with van der Waals surface area (Å²) in [5, 5.41) is 13.6. The fourth-order valence-corrected chi connectivity index (χ4v) is 4.64. The van der Waals surface area contributed by atoms with Gasteiger partial charge >= 0.3 is 0 Å². The molecule has 140 valence electrons. The zero-order valence-electron chi connectivity index (χ0n) is 14.1. The van der Waals surface area contributed by atoms with Crippen molar-refractivity contribution in [1.82, 2.24) is 5.32 Å². The maximum absolute atomic E-state index is 12.2. The Hall–Kier alpha value is -2.25. The molecule has 1 saturated heterocycles. The van der Waals surface area contributed by atoms with Crippen LogP contribution in [0.3, 0.4) is 0 Å². The van der Waals surface area contributed by atoms with Gasteiger partial charge < -0.3 is 10.4 Å². The highest BCUT2D eigenvalue weighted by molar-refractivity contribution is 8.18. The molecule has 8 heteroatoms. The third kappa shape index (κ3) is 4.25. The molecule has 0 spiro atoms. The quantitative estimate of drug-likeness (QED) is 0.462. The lowest BCUT2D eigenvalue weighted by atomic mass is 10.2. The zero-order chi connectivity index (χ0) is 19.7. The smallest absolute Gasteiger partial charge is 0.264 e. The van der Waals surface area contributed by atoms with Crippen molar-refractivity contribution in [2.24, 2.45) is 4.99 Å². The van der Waals surface area contributed by atoms with E-state index in [1.54, 1.807) is 41.7 Å². The number of nitrogens with zero attached hydrogens (tertiary/aromatic N) is 1. The average Bonchev–Trinajstić information content (AvgIpc) is 3.27. The lowest BCUT2D eigenvalue weighted by molar-refractivity contribution is -0.115. The second-order valence-electron chi connectivity index (χ2n) is 5.83. The number of benzene rings is 2. The van der Waals surface area contributed by atoms with Gasteiger partial charge in [-0.1, -0.05) is 29.3 Å². The van der Waals surface area contributed by atoms with Crippen LogP contribution in [0.4, 0.5) is 5.69 Å². The highest BCUT2D eigenvalue weighted by Crippen LogP contribution is 2.35. The minimum absolute atomic E-state index is 0.170.